The van der Waals surface area contributed by atoms with E-state index in [1.165, 1.54) is 66.8 Å². The van der Waals surface area contributed by atoms with E-state index in [1.807, 2.05) is 30.3 Å². The van der Waals surface area contributed by atoms with Gasteiger partial charge in [0.15, 0.2) is 0 Å². The molecule has 5 heteroatoms. The molecule has 9 aromatic rings. The van der Waals surface area contributed by atoms with Gasteiger partial charge in [-0.25, -0.2) is 8.42 Å². The van der Waals surface area contributed by atoms with Crippen LogP contribution in [-0.2, 0) is 37.8 Å². The molecule has 68 heavy (non-hydrogen) atoms. The highest BCUT2D eigenvalue weighted by Gasteiger charge is 2.46. The first-order chi connectivity index (χ1) is 32.9. The lowest BCUT2D eigenvalue weighted by atomic mass is 9.79. The molecule has 0 aromatic heterocycles. The molecule has 0 saturated carbocycles. The van der Waals surface area contributed by atoms with Gasteiger partial charge in [-0.2, -0.15) is 0 Å². The largest absolute Gasteiger partial charge is 0.310 e. The second-order valence-corrected chi connectivity index (χ2v) is 23.6. The SMILES string of the molecule is CC1(C)c2cc(N(c3ccccc3)c3ccc4c(c3)C(C)(C)c3cc(-c5ccccc5)c5c(c3-4)-c3ccccc3S5=O)ccc2-c2cc3c(cc21)-c1c(ccc2c1-c1ccccc1S2=O)C3(C)C. The number of hydrogen-bond acceptors (Lipinski definition) is 3. The van der Waals surface area contributed by atoms with Gasteiger partial charge in [-0.3, -0.25) is 0 Å². The van der Waals surface area contributed by atoms with E-state index in [1.54, 1.807) is 0 Å². The minimum atomic E-state index is -1.30. The molecule has 9 aromatic carbocycles. The van der Waals surface area contributed by atoms with Gasteiger partial charge in [0.1, 0.15) is 0 Å². The van der Waals surface area contributed by atoms with E-state index in [0.29, 0.717) is 0 Å². The van der Waals surface area contributed by atoms with Crippen LogP contribution in [0.5, 0.6) is 0 Å². The molecule has 2 atom stereocenters. The van der Waals surface area contributed by atoms with Crippen molar-refractivity contribution < 1.29 is 8.42 Å². The average molecular weight is 914 g/mol. The molecular weight excluding hydrogens is 867 g/mol. The lowest BCUT2D eigenvalue weighted by Gasteiger charge is -2.29. The van der Waals surface area contributed by atoms with Crippen molar-refractivity contribution in [2.24, 2.45) is 0 Å². The third kappa shape index (κ3) is 5.08. The summed E-state index contributed by atoms with van der Waals surface area (Å²) in [7, 11) is -2.51. The molecule has 0 spiro atoms. The van der Waals surface area contributed by atoms with Crippen LogP contribution >= 0.6 is 0 Å². The van der Waals surface area contributed by atoms with Crippen LogP contribution < -0.4 is 4.90 Å². The van der Waals surface area contributed by atoms with Gasteiger partial charge in [-0.1, -0.05) is 145 Å². The number of anilines is 3. The first-order valence-electron chi connectivity index (χ1n) is 23.7. The summed E-state index contributed by atoms with van der Waals surface area (Å²) >= 11 is 0. The summed E-state index contributed by atoms with van der Waals surface area (Å²) < 4.78 is 28.4. The molecular formula is C63H47NO2S2. The monoisotopic (exact) mass is 913 g/mol. The van der Waals surface area contributed by atoms with Crippen LogP contribution in [0.15, 0.2) is 196 Å². The van der Waals surface area contributed by atoms with Crippen molar-refractivity contribution in [1.82, 2.24) is 0 Å². The minimum absolute atomic E-state index is 0.227. The summed E-state index contributed by atoms with van der Waals surface area (Å²) in [4.78, 5) is 6.05. The predicted molar refractivity (Wildman–Crippen MR) is 279 cm³/mol. The van der Waals surface area contributed by atoms with Gasteiger partial charge in [0.05, 0.1) is 41.2 Å². The zero-order chi connectivity index (χ0) is 46.2. The third-order valence-corrected chi connectivity index (χ3v) is 19.2. The van der Waals surface area contributed by atoms with Crippen LogP contribution in [0.2, 0.25) is 0 Å². The molecule has 0 bridgehead atoms. The molecule has 3 nitrogen and oxygen atoms in total. The molecule has 0 saturated heterocycles. The molecule has 5 aliphatic rings. The Morgan fingerprint density at radius 1 is 0.324 bits per heavy atom. The van der Waals surface area contributed by atoms with E-state index in [0.717, 1.165) is 70.0 Å². The van der Waals surface area contributed by atoms with E-state index >= 15 is 0 Å². The Labute approximate surface area is 403 Å². The van der Waals surface area contributed by atoms with Crippen LogP contribution in [0.3, 0.4) is 0 Å². The number of nitrogens with zero attached hydrogens (tertiary/aromatic N) is 1. The van der Waals surface area contributed by atoms with Crippen LogP contribution in [-0.4, -0.2) is 8.42 Å². The van der Waals surface area contributed by atoms with Crippen LogP contribution in [0.4, 0.5) is 17.1 Å². The molecule has 328 valence electrons. The van der Waals surface area contributed by atoms with Crippen LogP contribution in [0.1, 0.15) is 74.9 Å². The van der Waals surface area contributed by atoms with Gasteiger partial charge < -0.3 is 4.90 Å². The van der Waals surface area contributed by atoms with Gasteiger partial charge >= 0.3 is 0 Å². The Kier molecular flexibility index (Phi) is 8.05. The molecule has 0 fully saturated rings. The van der Waals surface area contributed by atoms with Crippen molar-refractivity contribution in [3.8, 4) is 66.8 Å². The second kappa shape index (κ2) is 13.6. The van der Waals surface area contributed by atoms with E-state index in [2.05, 4.69) is 192 Å². The maximum absolute atomic E-state index is 14.5. The normalized spacial score (nSPS) is 18.0. The zero-order valence-corrected chi connectivity index (χ0v) is 40.5. The summed E-state index contributed by atoms with van der Waals surface area (Å²) in [6.07, 6.45) is 0. The van der Waals surface area contributed by atoms with Gasteiger partial charge in [-0.05, 0) is 151 Å². The lowest BCUT2D eigenvalue weighted by molar-refractivity contribution is 0.652. The Morgan fingerprint density at radius 2 is 0.824 bits per heavy atom. The highest BCUT2D eigenvalue weighted by Crippen LogP contribution is 2.62. The van der Waals surface area contributed by atoms with E-state index in [-0.39, 0.29) is 16.2 Å². The fourth-order valence-corrected chi connectivity index (χ4v) is 15.7. The minimum Gasteiger partial charge on any atom is -0.310 e. The smallest absolute Gasteiger partial charge is 0.0868 e. The highest BCUT2D eigenvalue weighted by atomic mass is 32.2. The molecule has 0 radical (unpaired) electrons. The standard InChI is InChI=1S/C63H47NO2S2/c1-61(2)47-29-30-55-58(42-21-13-15-23-53(42)67(55)65)57(47)46-35-50-45(34-51(46)61)40-27-25-38(31-48(40)62(50,3)4)64(37-19-11-8-12-20-37)39-26-28-41-49(32-39)63(5,6)52-33-44(36-17-9-7-10-18-36)60-59(56(41)52)43-22-14-16-24-54(43)68(60)66/h7-35H,1-6H3. The Morgan fingerprint density at radius 3 is 1.53 bits per heavy atom. The molecule has 0 N–H and O–H groups in total. The van der Waals surface area contributed by atoms with Crippen molar-refractivity contribution in [3.63, 3.8) is 0 Å². The molecule has 2 aliphatic heterocycles. The maximum atomic E-state index is 14.5. The molecule has 0 amide bonds. The number of para-hydroxylation sites is 1. The second-order valence-electron chi connectivity index (χ2n) is 20.8. The number of hydrogen-bond donors (Lipinski definition) is 0. The van der Waals surface area contributed by atoms with E-state index in [4.69, 9.17) is 0 Å². The zero-order valence-electron chi connectivity index (χ0n) is 38.8. The number of fused-ring (bicyclic) bond motifs is 17. The molecule has 2 heterocycles. The van der Waals surface area contributed by atoms with Gasteiger partial charge in [0.2, 0.25) is 0 Å². The van der Waals surface area contributed by atoms with Gasteiger partial charge in [-0.15, -0.1) is 0 Å². The Bertz CT molecular complexity index is 3810. The fraction of sp³-hybridized carbons (Fsp3) is 0.143. The number of benzene rings is 9. The van der Waals surface area contributed by atoms with Crippen molar-refractivity contribution >= 4 is 38.7 Å². The summed E-state index contributed by atoms with van der Waals surface area (Å²) in [6.45, 7) is 14.2. The van der Waals surface area contributed by atoms with Gasteiger partial charge in [0.25, 0.3) is 0 Å². The lowest BCUT2D eigenvalue weighted by Crippen LogP contribution is -2.18. The maximum Gasteiger partial charge on any atom is 0.0868 e. The molecule has 2 unspecified atom stereocenters. The van der Waals surface area contributed by atoms with Crippen molar-refractivity contribution in [1.29, 1.82) is 0 Å². The van der Waals surface area contributed by atoms with Gasteiger partial charge in [0, 0.05) is 55.6 Å². The van der Waals surface area contributed by atoms with Crippen LogP contribution in [0.25, 0.3) is 66.8 Å². The topological polar surface area (TPSA) is 37.4 Å². The van der Waals surface area contributed by atoms with Crippen molar-refractivity contribution in [2.75, 3.05) is 4.90 Å². The highest BCUT2D eigenvalue weighted by molar-refractivity contribution is 7.86. The fourth-order valence-electron chi connectivity index (χ4n) is 12.8. The number of rotatable bonds is 4. The molecule has 14 rings (SSSR count). The molecule has 3 aliphatic carbocycles. The van der Waals surface area contributed by atoms with E-state index in [9.17, 15) is 8.42 Å². The quantitative estimate of drug-likeness (QED) is 0.177. The van der Waals surface area contributed by atoms with Crippen molar-refractivity contribution in [3.05, 3.63) is 209 Å². The first kappa shape index (κ1) is 40.2. The van der Waals surface area contributed by atoms with Crippen LogP contribution in [0, 0.1) is 0 Å². The Hall–Kier alpha value is -6.92. The summed E-state index contributed by atoms with van der Waals surface area (Å²) in [6, 6.07) is 63.5. The van der Waals surface area contributed by atoms with E-state index < -0.39 is 21.6 Å². The first-order valence-corrected chi connectivity index (χ1v) is 26.0. The van der Waals surface area contributed by atoms with Crippen molar-refractivity contribution in [2.45, 2.75) is 77.4 Å². The Balaban J connectivity index is 0.917. The summed E-state index contributed by atoms with van der Waals surface area (Å²) in [5.74, 6) is 0. The third-order valence-electron chi connectivity index (χ3n) is 16.2. The summed E-state index contributed by atoms with van der Waals surface area (Å²) in [5, 5.41) is 0. The predicted octanol–water partition coefficient (Wildman–Crippen LogP) is 16.0. The average Bonchev–Trinajstić information content (AvgIpc) is 4.04. The summed E-state index contributed by atoms with van der Waals surface area (Å²) in [5.41, 5.74) is 24.2.